The van der Waals surface area contributed by atoms with E-state index in [1.54, 1.807) is 0 Å². The number of carbonyl (C=O) groups is 1. The molecule has 0 radical (unpaired) electrons. The van der Waals surface area contributed by atoms with Gasteiger partial charge in [-0.05, 0) is 43.7 Å². The minimum Gasteiger partial charge on any atom is -0.281 e. The molecule has 1 nitrogen and oxygen atoms in total. The predicted molar refractivity (Wildman–Crippen MR) is 118 cm³/mol. The molecule has 154 valence electrons. The first-order valence-electron chi connectivity index (χ1n) is 11.6. The molecule has 0 saturated heterocycles. The van der Waals surface area contributed by atoms with Crippen molar-refractivity contribution in [1.29, 1.82) is 0 Å². The number of carbonyl (C=O) groups excluding carboxylic acids is 1. The minimum atomic E-state index is -0.182. The lowest BCUT2D eigenvalue weighted by Crippen LogP contribution is -1.86. The van der Waals surface area contributed by atoms with E-state index in [1.807, 2.05) is 0 Å². The standard InChI is InChI=1S/C24H45ClO/c1-2-3-4-5-6-7-8-9-10-11-12-13-14-15-16-17-18-19-20-21-22-23-24(25)26/h8-9H,2-7,10-23H2,1H3/b9-8+. The van der Waals surface area contributed by atoms with E-state index in [-0.39, 0.29) is 5.24 Å². The second-order valence-corrected chi connectivity index (χ2v) is 8.23. The number of allylic oxidation sites excluding steroid dienone is 2. The molecule has 0 amide bonds. The Bertz CT molecular complexity index is 311. The van der Waals surface area contributed by atoms with Crippen molar-refractivity contribution in [2.75, 3.05) is 0 Å². The van der Waals surface area contributed by atoms with Crippen molar-refractivity contribution in [3.8, 4) is 0 Å². The van der Waals surface area contributed by atoms with Crippen LogP contribution in [0.25, 0.3) is 0 Å². The fourth-order valence-corrected chi connectivity index (χ4v) is 3.53. The quantitative estimate of drug-likeness (QED) is 0.109. The lowest BCUT2D eigenvalue weighted by atomic mass is 10.0. The minimum absolute atomic E-state index is 0.182. The Morgan fingerprint density at radius 2 is 0.923 bits per heavy atom. The second kappa shape index (κ2) is 22.7. The van der Waals surface area contributed by atoms with Gasteiger partial charge in [0.15, 0.2) is 0 Å². The van der Waals surface area contributed by atoms with Gasteiger partial charge in [-0.1, -0.05) is 109 Å². The average Bonchev–Trinajstić information content (AvgIpc) is 2.62. The molecule has 0 aliphatic carbocycles. The number of hydrogen-bond acceptors (Lipinski definition) is 1. The largest absolute Gasteiger partial charge is 0.281 e. The predicted octanol–water partition coefficient (Wildman–Crippen LogP) is 9.13. The Kier molecular flexibility index (Phi) is 22.5. The fraction of sp³-hybridized carbons (Fsp3) is 0.875. The van der Waals surface area contributed by atoms with Gasteiger partial charge >= 0.3 is 0 Å². The Balaban J connectivity index is 3.05. The van der Waals surface area contributed by atoms with Gasteiger partial charge in [-0.3, -0.25) is 4.79 Å². The summed E-state index contributed by atoms with van der Waals surface area (Å²) in [6.07, 6.45) is 30.8. The Morgan fingerprint density at radius 1 is 0.577 bits per heavy atom. The highest BCUT2D eigenvalue weighted by Gasteiger charge is 1.96. The molecule has 0 aliphatic rings. The van der Waals surface area contributed by atoms with Crippen LogP contribution in [0.15, 0.2) is 12.2 Å². The van der Waals surface area contributed by atoms with Crippen molar-refractivity contribution in [3.05, 3.63) is 12.2 Å². The zero-order valence-electron chi connectivity index (χ0n) is 17.6. The Hall–Kier alpha value is -0.300. The van der Waals surface area contributed by atoms with E-state index in [2.05, 4.69) is 19.1 Å². The molecule has 0 aliphatic heterocycles. The van der Waals surface area contributed by atoms with Gasteiger partial charge in [0.2, 0.25) is 5.24 Å². The van der Waals surface area contributed by atoms with Crippen LogP contribution in [-0.2, 0) is 4.79 Å². The van der Waals surface area contributed by atoms with Crippen LogP contribution in [0.4, 0.5) is 0 Å². The van der Waals surface area contributed by atoms with Gasteiger partial charge in [-0.25, -0.2) is 0 Å². The first-order chi connectivity index (χ1) is 12.8. The summed E-state index contributed by atoms with van der Waals surface area (Å²) in [5.74, 6) is 0. The monoisotopic (exact) mass is 384 g/mol. The number of halogens is 1. The lowest BCUT2D eigenvalue weighted by Gasteiger charge is -2.02. The highest BCUT2D eigenvalue weighted by Crippen LogP contribution is 2.13. The van der Waals surface area contributed by atoms with E-state index in [1.165, 1.54) is 109 Å². The molecule has 0 heterocycles. The van der Waals surface area contributed by atoms with Crippen molar-refractivity contribution in [2.24, 2.45) is 0 Å². The highest BCUT2D eigenvalue weighted by atomic mass is 35.5. The van der Waals surface area contributed by atoms with Crippen LogP contribution < -0.4 is 0 Å². The third kappa shape index (κ3) is 23.7. The molecule has 0 unspecified atom stereocenters. The SMILES string of the molecule is CCCCCCC/C=C/CCCCCCCCCCCCCCC(=O)Cl. The summed E-state index contributed by atoms with van der Waals surface area (Å²) in [4.78, 5) is 10.6. The van der Waals surface area contributed by atoms with Gasteiger partial charge in [0.05, 0.1) is 0 Å². The van der Waals surface area contributed by atoms with Crippen molar-refractivity contribution < 1.29 is 4.79 Å². The van der Waals surface area contributed by atoms with E-state index >= 15 is 0 Å². The highest BCUT2D eigenvalue weighted by molar-refractivity contribution is 6.63. The molecule has 0 bridgehead atoms. The van der Waals surface area contributed by atoms with Crippen LogP contribution in [0, 0.1) is 0 Å². The van der Waals surface area contributed by atoms with E-state index in [0.29, 0.717) is 6.42 Å². The molecule has 2 heteroatoms. The molecule has 0 fully saturated rings. The van der Waals surface area contributed by atoms with Crippen molar-refractivity contribution in [1.82, 2.24) is 0 Å². The van der Waals surface area contributed by atoms with Crippen molar-refractivity contribution in [2.45, 2.75) is 135 Å². The summed E-state index contributed by atoms with van der Waals surface area (Å²) in [7, 11) is 0. The number of unbranched alkanes of at least 4 members (excludes halogenated alkanes) is 17. The van der Waals surface area contributed by atoms with Gasteiger partial charge in [0.1, 0.15) is 0 Å². The van der Waals surface area contributed by atoms with Gasteiger partial charge in [-0.15, -0.1) is 0 Å². The average molecular weight is 385 g/mol. The molecule has 0 spiro atoms. The molecule has 0 rings (SSSR count). The van der Waals surface area contributed by atoms with Crippen LogP contribution >= 0.6 is 11.6 Å². The fourth-order valence-electron chi connectivity index (χ4n) is 3.40. The number of rotatable bonds is 21. The van der Waals surface area contributed by atoms with Crippen LogP contribution in [-0.4, -0.2) is 5.24 Å². The third-order valence-electron chi connectivity index (χ3n) is 5.14. The van der Waals surface area contributed by atoms with Crippen LogP contribution in [0.3, 0.4) is 0 Å². The zero-order valence-corrected chi connectivity index (χ0v) is 18.3. The van der Waals surface area contributed by atoms with Gasteiger partial charge in [0, 0.05) is 6.42 Å². The van der Waals surface area contributed by atoms with Crippen LogP contribution in [0.1, 0.15) is 135 Å². The molecule has 0 aromatic carbocycles. The maximum absolute atomic E-state index is 10.6. The van der Waals surface area contributed by atoms with E-state index in [4.69, 9.17) is 11.6 Å². The van der Waals surface area contributed by atoms with Gasteiger partial charge in [-0.2, -0.15) is 0 Å². The maximum atomic E-state index is 10.6. The third-order valence-corrected chi connectivity index (χ3v) is 5.32. The summed E-state index contributed by atoms with van der Waals surface area (Å²) in [5.41, 5.74) is 0. The van der Waals surface area contributed by atoms with Crippen molar-refractivity contribution in [3.63, 3.8) is 0 Å². The number of hydrogen-bond donors (Lipinski definition) is 0. The van der Waals surface area contributed by atoms with Crippen LogP contribution in [0.2, 0.25) is 0 Å². The van der Waals surface area contributed by atoms with E-state index in [9.17, 15) is 4.79 Å². The zero-order chi connectivity index (χ0) is 19.1. The van der Waals surface area contributed by atoms with E-state index < -0.39 is 0 Å². The molecule has 0 saturated carbocycles. The lowest BCUT2D eigenvalue weighted by molar-refractivity contribution is -0.111. The molecular weight excluding hydrogens is 340 g/mol. The first-order valence-corrected chi connectivity index (χ1v) is 12.0. The summed E-state index contributed by atoms with van der Waals surface area (Å²) in [6.45, 7) is 2.28. The Morgan fingerprint density at radius 3 is 1.31 bits per heavy atom. The summed E-state index contributed by atoms with van der Waals surface area (Å²) >= 11 is 5.33. The maximum Gasteiger partial charge on any atom is 0.221 e. The smallest absolute Gasteiger partial charge is 0.221 e. The summed E-state index contributed by atoms with van der Waals surface area (Å²) in [6, 6.07) is 0. The molecular formula is C24H45ClO. The summed E-state index contributed by atoms with van der Waals surface area (Å²) < 4.78 is 0. The van der Waals surface area contributed by atoms with Gasteiger partial charge in [0.25, 0.3) is 0 Å². The normalized spacial score (nSPS) is 11.5. The first kappa shape index (κ1) is 25.7. The molecule has 0 aromatic rings. The molecule has 26 heavy (non-hydrogen) atoms. The molecule has 0 atom stereocenters. The van der Waals surface area contributed by atoms with Crippen molar-refractivity contribution >= 4 is 16.8 Å². The van der Waals surface area contributed by atoms with Gasteiger partial charge < -0.3 is 0 Å². The molecule has 0 N–H and O–H groups in total. The topological polar surface area (TPSA) is 17.1 Å². The second-order valence-electron chi connectivity index (χ2n) is 7.81. The molecule has 0 aromatic heterocycles. The van der Waals surface area contributed by atoms with Crippen LogP contribution in [0.5, 0.6) is 0 Å². The summed E-state index contributed by atoms with van der Waals surface area (Å²) in [5, 5.41) is -0.182. The van der Waals surface area contributed by atoms with E-state index in [0.717, 1.165) is 12.8 Å². The Labute approximate surface area is 169 Å².